The second-order valence-electron chi connectivity index (χ2n) is 4.95. The highest BCUT2D eigenvalue weighted by molar-refractivity contribution is 8.14. The SMILES string of the molecule is CCN=C1NC2C(OC(CN(Cl)CCOC)C(O)C2O)S1. The third-order valence-corrected chi connectivity index (χ3v) is 4.85. The molecule has 9 heteroatoms. The molecule has 0 aromatic heterocycles. The first-order valence-corrected chi connectivity index (χ1v) is 8.17. The van der Waals surface area contributed by atoms with Crippen LogP contribution in [0.25, 0.3) is 0 Å². The fourth-order valence-electron chi connectivity index (χ4n) is 2.33. The Hall–Kier alpha value is -0.0900. The summed E-state index contributed by atoms with van der Waals surface area (Å²) in [5.41, 5.74) is -0.272. The fraction of sp³-hybridized carbons (Fsp3) is 0.917. The number of rotatable bonds is 6. The van der Waals surface area contributed by atoms with Crippen molar-refractivity contribution in [1.82, 2.24) is 9.74 Å². The highest BCUT2D eigenvalue weighted by Gasteiger charge is 2.49. The van der Waals surface area contributed by atoms with E-state index in [1.54, 1.807) is 7.11 Å². The summed E-state index contributed by atoms with van der Waals surface area (Å²) in [7, 11) is 1.60. The van der Waals surface area contributed by atoms with E-state index < -0.39 is 18.3 Å². The number of hydrogen-bond donors (Lipinski definition) is 3. The van der Waals surface area contributed by atoms with Crippen LogP contribution in [-0.2, 0) is 9.47 Å². The molecule has 2 rings (SSSR count). The Morgan fingerprint density at radius 3 is 2.90 bits per heavy atom. The lowest BCUT2D eigenvalue weighted by Crippen LogP contribution is -2.60. The molecule has 0 radical (unpaired) electrons. The van der Waals surface area contributed by atoms with Crippen LogP contribution in [0.2, 0.25) is 0 Å². The average molecular weight is 340 g/mol. The van der Waals surface area contributed by atoms with Gasteiger partial charge in [0.25, 0.3) is 0 Å². The van der Waals surface area contributed by atoms with Crippen LogP contribution in [0.1, 0.15) is 6.92 Å². The average Bonchev–Trinajstić information content (AvgIpc) is 2.85. The molecular formula is C12H22ClN3O4S. The molecule has 2 aliphatic heterocycles. The lowest BCUT2D eigenvalue weighted by molar-refractivity contribution is -0.158. The lowest BCUT2D eigenvalue weighted by Gasteiger charge is -2.39. The molecule has 0 saturated carbocycles. The molecule has 3 N–H and O–H groups in total. The van der Waals surface area contributed by atoms with Crippen LogP contribution in [0.15, 0.2) is 4.99 Å². The summed E-state index contributed by atoms with van der Waals surface area (Å²) in [6.07, 6.45) is -2.46. The van der Waals surface area contributed by atoms with Gasteiger partial charge in [-0.2, -0.15) is 0 Å². The number of aliphatic imine (C=N–C) groups is 1. The van der Waals surface area contributed by atoms with Gasteiger partial charge >= 0.3 is 0 Å². The van der Waals surface area contributed by atoms with E-state index in [2.05, 4.69) is 10.3 Å². The highest BCUT2D eigenvalue weighted by atomic mass is 35.5. The second kappa shape index (κ2) is 7.96. The van der Waals surface area contributed by atoms with E-state index >= 15 is 0 Å². The van der Waals surface area contributed by atoms with Crippen molar-refractivity contribution >= 4 is 28.7 Å². The van der Waals surface area contributed by atoms with Crippen LogP contribution in [-0.4, -0.2) is 82.9 Å². The number of amidine groups is 1. The molecule has 2 fully saturated rings. The number of aliphatic hydroxyl groups excluding tert-OH is 2. The maximum Gasteiger partial charge on any atom is 0.159 e. The summed E-state index contributed by atoms with van der Waals surface area (Å²) in [6, 6.07) is -0.352. The zero-order valence-electron chi connectivity index (χ0n) is 12.1. The molecule has 21 heavy (non-hydrogen) atoms. The van der Waals surface area contributed by atoms with Gasteiger partial charge in [-0.3, -0.25) is 4.99 Å². The van der Waals surface area contributed by atoms with Crippen LogP contribution >= 0.6 is 23.5 Å². The molecular weight excluding hydrogens is 318 g/mol. The summed E-state index contributed by atoms with van der Waals surface area (Å²) >= 11 is 7.49. The van der Waals surface area contributed by atoms with E-state index in [0.717, 1.165) is 5.17 Å². The molecule has 0 spiro atoms. The molecule has 122 valence electrons. The van der Waals surface area contributed by atoms with Gasteiger partial charge in [0.2, 0.25) is 0 Å². The predicted octanol–water partition coefficient (Wildman–Crippen LogP) is -0.384. The number of fused-ring (bicyclic) bond motifs is 1. The van der Waals surface area contributed by atoms with Crippen molar-refractivity contribution in [3.05, 3.63) is 0 Å². The Morgan fingerprint density at radius 1 is 1.48 bits per heavy atom. The van der Waals surface area contributed by atoms with Gasteiger partial charge in [-0.05, 0) is 18.7 Å². The number of aliphatic hydroxyl groups is 2. The van der Waals surface area contributed by atoms with Gasteiger partial charge in [0.15, 0.2) is 5.17 Å². The van der Waals surface area contributed by atoms with Crippen molar-refractivity contribution in [1.29, 1.82) is 0 Å². The lowest BCUT2D eigenvalue weighted by atomic mass is 9.98. The van der Waals surface area contributed by atoms with Crippen molar-refractivity contribution in [3.63, 3.8) is 0 Å². The van der Waals surface area contributed by atoms with Crippen molar-refractivity contribution < 1.29 is 19.7 Å². The van der Waals surface area contributed by atoms with Gasteiger partial charge in [-0.15, -0.1) is 0 Å². The third-order valence-electron chi connectivity index (χ3n) is 3.44. The molecule has 2 heterocycles. The van der Waals surface area contributed by atoms with Gasteiger partial charge in [-0.1, -0.05) is 11.8 Å². The Labute approximate surface area is 133 Å². The fourth-order valence-corrected chi connectivity index (χ4v) is 3.73. The Balaban J connectivity index is 1.95. The zero-order chi connectivity index (χ0) is 15.4. The van der Waals surface area contributed by atoms with E-state index in [9.17, 15) is 10.2 Å². The summed E-state index contributed by atoms with van der Waals surface area (Å²) < 4.78 is 12.3. The topological polar surface area (TPSA) is 86.6 Å². The number of halogens is 1. The Kier molecular flexibility index (Phi) is 6.54. The number of nitrogens with zero attached hydrogens (tertiary/aromatic N) is 2. The molecule has 5 unspecified atom stereocenters. The van der Waals surface area contributed by atoms with E-state index in [-0.39, 0.29) is 11.5 Å². The molecule has 0 aliphatic carbocycles. The monoisotopic (exact) mass is 339 g/mol. The van der Waals surface area contributed by atoms with Gasteiger partial charge in [-0.25, -0.2) is 4.42 Å². The minimum atomic E-state index is -0.996. The molecule has 7 nitrogen and oxygen atoms in total. The van der Waals surface area contributed by atoms with Gasteiger partial charge in [0.1, 0.15) is 23.7 Å². The molecule has 0 aromatic carbocycles. The first-order valence-electron chi connectivity index (χ1n) is 6.95. The number of hydrogen-bond acceptors (Lipinski definition) is 7. The summed E-state index contributed by atoms with van der Waals surface area (Å²) in [4.78, 5) is 4.28. The molecule has 2 saturated heterocycles. The van der Waals surface area contributed by atoms with E-state index in [1.165, 1.54) is 16.2 Å². The normalized spacial score (nSPS) is 37.8. The first-order chi connectivity index (χ1) is 10.1. The minimum Gasteiger partial charge on any atom is -0.388 e. The number of nitrogens with one attached hydrogen (secondary N) is 1. The van der Waals surface area contributed by atoms with Crippen LogP contribution < -0.4 is 5.32 Å². The highest BCUT2D eigenvalue weighted by Crippen LogP contribution is 2.34. The summed E-state index contributed by atoms with van der Waals surface area (Å²) in [6.45, 7) is 3.91. The Bertz CT molecular complexity index is 376. The predicted molar refractivity (Wildman–Crippen MR) is 82.5 cm³/mol. The standard InChI is InChI=1S/C12H22ClN3O4S/c1-3-14-12-15-8-10(18)9(17)7(20-11(8)21-12)6-16(13)4-5-19-2/h7-11,17-18H,3-6H2,1-2H3,(H,14,15). The van der Waals surface area contributed by atoms with Gasteiger partial charge in [0, 0.05) is 26.7 Å². The van der Waals surface area contributed by atoms with Crippen LogP contribution in [0.4, 0.5) is 0 Å². The van der Waals surface area contributed by atoms with Crippen molar-refractivity contribution in [3.8, 4) is 0 Å². The van der Waals surface area contributed by atoms with Crippen molar-refractivity contribution in [2.24, 2.45) is 4.99 Å². The quantitative estimate of drug-likeness (QED) is 0.568. The maximum atomic E-state index is 10.2. The first kappa shape index (κ1) is 17.3. The van der Waals surface area contributed by atoms with Crippen molar-refractivity contribution in [2.45, 2.75) is 36.7 Å². The maximum absolute atomic E-state index is 10.2. The van der Waals surface area contributed by atoms with E-state index in [1.807, 2.05) is 6.92 Å². The molecule has 0 aromatic rings. The largest absolute Gasteiger partial charge is 0.388 e. The third kappa shape index (κ3) is 4.22. The zero-order valence-corrected chi connectivity index (χ0v) is 13.7. The van der Waals surface area contributed by atoms with Crippen molar-refractivity contribution in [2.75, 3.05) is 33.4 Å². The van der Waals surface area contributed by atoms with Crippen LogP contribution in [0, 0.1) is 0 Å². The Morgan fingerprint density at radius 2 is 2.24 bits per heavy atom. The molecule has 2 aliphatic rings. The van der Waals surface area contributed by atoms with Gasteiger partial charge in [0.05, 0.1) is 12.6 Å². The second-order valence-corrected chi connectivity index (χ2v) is 6.52. The number of ether oxygens (including phenoxy) is 2. The van der Waals surface area contributed by atoms with E-state index in [4.69, 9.17) is 21.3 Å². The van der Waals surface area contributed by atoms with Gasteiger partial charge < -0.3 is 25.0 Å². The van der Waals surface area contributed by atoms with Crippen LogP contribution in [0.3, 0.4) is 0 Å². The molecule has 0 bridgehead atoms. The van der Waals surface area contributed by atoms with Crippen LogP contribution in [0.5, 0.6) is 0 Å². The molecule has 5 atom stereocenters. The smallest absolute Gasteiger partial charge is 0.159 e. The van der Waals surface area contributed by atoms with E-state index in [0.29, 0.717) is 26.2 Å². The summed E-state index contributed by atoms with van der Waals surface area (Å²) in [5.74, 6) is 0. The minimum absolute atomic E-state index is 0.272. The number of methoxy groups -OCH3 is 1. The number of thioether (sulfide) groups is 1. The molecule has 0 amide bonds. The summed E-state index contributed by atoms with van der Waals surface area (Å²) in [5, 5.41) is 24.3.